The molecule has 148 valence electrons. The summed E-state index contributed by atoms with van der Waals surface area (Å²) in [6.45, 7) is 0.277. The highest BCUT2D eigenvalue weighted by Gasteiger charge is 2.14. The molecule has 0 aliphatic rings. The number of rotatable bonds is 6. The molecule has 4 rings (SSSR count). The molecule has 0 amide bonds. The van der Waals surface area contributed by atoms with Crippen LogP contribution in [-0.2, 0) is 13.2 Å². The summed E-state index contributed by atoms with van der Waals surface area (Å²) >= 11 is 1.55. The van der Waals surface area contributed by atoms with Gasteiger partial charge in [-0.1, -0.05) is 30.0 Å². The highest BCUT2D eigenvalue weighted by Crippen LogP contribution is 2.38. The van der Waals surface area contributed by atoms with E-state index in [1.807, 2.05) is 53.2 Å². The molecule has 1 N–H and O–H groups in total. The number of aliphatic hydroxyl groups is 1. The van der Waals surface area contributed by atoms with Gasteiger partial charge in [0, 0.05) is 40.1 Å². The summed E-state index contributed by atoms with van der Waals surface area (Å²) in [6, 6.07) is 17.0. The predicted molar refractivity (Wildman–Crippen MR) is 110 cm³/mol. The van der Waals surface area contributed by atoms with Crippen LogP contribution in [0.3, 0.4) is 0 Å². The van der Waals surface area contributed by atoms with Crippen molar-refractivity contribution >= 4 is 22.7 Å². The highest BCUT2D eigenvalue weighted by molar-refractivity contribution is 7.99. The molecule has 1 heterocycles. The first kappa shape index (κ1) is 19.5. The van der Waals surface area contributed by atoms with Gasteiger partial charge in [0.25, 0.3) is 0 Å². The second-order valence-electron chi connectivity index (χ2n) is 6.65. The van der Waals surface area contributed by atoms with Crippen molar-refractivity contribution in [1.29, 1.82) is 0 Å². The van der Waals surface area contributed by atoms with Gasteiger partial charge in [-0.2, -0.15) is 0 Å². The van der Waals surface area contributed by atoms with E-state index in [2.05, 4.69) is 0 Å². The number of halogens is 2. The lowest BCUT2D eigenvalue weighted by Gasteiger charge is -2.07. The van der Waals surface area contributed by atoms with E-state index in [1.165, 1.54) is 12.1 Å². The second-order valence-corrected chi connectivity index (χ2v) is 7.73. The van der Waals surface area contributed by atoms with Gasteiger partial charge in [0.05, 0.1) is 19.2 Å². The van der Waals surface area contributed by atoms with Crippen molar-refractivity contribution in [2.45, 2.75) is 22.9 Å². The summed E-state index contributed by atoms with van der Waals surface area (Å²) in [5.74, 6) is -0.490. The summed E-state index contributed by atoms with van der Waals surface area (Å²) in [5, 5.41) is 10.6. The van der Waals surface area contributed by atoms with Gasteiger partial charge in [-0.3, -0.25) is 0 Å². The van der Waals surface area contributed by atoms with Crippen LogP contribution in [-0.4, -0.2) is 16.8 Å². The third-order valence-electron chi connectivity index (χ3n) is 4.69. The average molecular weight is 411 g/mol. The number of benzene rings is 3. The van der Waals surface area contributed by atoms with E-state index in [0.717, 1.165) is 32.3 Å². The van der Waals surface area contributed by atoms with Crippen molar-refractivity contribution in [1.82, 2.24) is 4.57 Å². The van der Waals surface area contributed by atoms with Crippen LogP contribution in [0.5, 0.6) is 5.75 Å². The zero-order valence-electron chi connectivity index (χ0n) is 15.7. The van der Waals surface area contributed by atoms with Crippen molar-refractivity contribution in [3.63, 3.8) is 0 Å². The van der Waals surface area contributed by atoms with Crippen LogP contribution >= 0.6 is 11.8 Å². The third kappa shape index (κ3) is 4.13. The van der Waals surface area contributed by atoms with Gasteiger partial charge in [-0.25, -0.2) is 8.78 Å². The smallest absolute Gasteiger partial charge is 0.126 e. The normalized spacial score (nSPS) is 11.2. The molecule has 3 aromatic carbocycles. The van der Waals surface area contributed by atoms with Crippen molar-refractivity contribution in [2.24, 2.45) is 0 Å². The first-order valence-corrected chi connectivity index (χ1v) is 9.87. The SMILES string of the molecule is COc1ccc2c(Sc3ccccc3CO)cn(Cc3cc(F)cc(F)c3)c2c1. The lowest BCUT2D eigenvalue weighted by atomic mass is 10.2. The fraction of sp³-hybridized carbons (Fsp3) is 0.130. The van der Waals surface area contributed by atoms with Crippen molar-refractivity contribution < 1.29 is 18.6 Å². The minimum absolute atomic E-state index is 0.0434. The Hall–Kier alpha value is -2.83. The lowest BCUT2D eigenvalue weighted by Crippen LogP contribution is -1.99. The lowest BCUT2D eigenvalue weighted by molar-refractivity contribution is 0.279. The molecule has 0 saturated carbocycles. The molecule has 4 aromatic rings. The molecule has 0 radical (unpaired) electrons. The van der Waals surface area contributed by atoms with Gasteiger partial charge in [0.2, 0.25) is 0 Å². The Balaban J connectivity index is 1.79. The summed E-state index contributed by atoms with van der Waals surface area (Å²) in [7, 11) is 1.60. The Bertz CT molecular complexity index is 1150. The molecule has 0 saturated heterocycles. The molecule has 1 aromatic heterocycles. The molecule has 3 nitrogen and oxygen atoms in total. The highest BCUT2D eigenvalue weighted by atomic mass is 32.2. The zero-order valence-corrected chi connectivity index (χ0v) is 16.5. The molecule has 0 fully saturated rings. The van der Waals surface area contributed by atoms with Crippen molar-refractivity contribution in [2.75, 3.05) is 7.11 Å². The number of aliphatic hydroxyl groups excluding tert-OH is 1. The van der Waals surface area contributed by atoms with Crippen molar-refractivity contribution in [3.05, 3.63) is 89.6 Å². The standard InChI is InChI=1S/C23H19F2NO2S/c1-28-19-6-7-20-21(11-19)26(12-15-8-17(24)10-18(25)9-15)13-23(20)29-22-5-3-2-4-16(22)14-27/h2-11,13,27H,12,14H2,1H3. The summed E-state index contributed by atoms with van der Waals surface area (Å²) in [5.41, 5.74) is 2.28. The molecular formula is C23H19F2NO2S. The fourth-order valence-corrected chi connectivity index (χ4v) is 4.44. The van der Waals surface area contributed by atoms with Gasteiger partial charge in [0.1, 0.15) is 17.4 Å². The molecule has 0 atom stereocenters. The maximum Gasteiger partial charge on any atom is 0.126 e. The first-order valence-electron chi connectivity index (χ1n) is 9.06. The molecule has 0 bridgehead atoms. The fourth-order valence-electron chi connectivity index (χ4n) is 3.33. The van der Waals surface area contributed by atoms with Crippen molar-refractivity contribution in [3.8, 4) is 5.75 Å². The number of hydrogen-bond donors (Lipinski definition) is 1. The minimum atomic E-state index is -0.597. The first-order chi connectivity index (χ1) is 14.1. The summed E-state index contributed by atoms with van der Waals surface area (Å²) in [6.07, 6.45) is 1.96. The number of ether oxygens (including phenoxy) is 1. The van der Waals surface area contributed by atoms with Gasteiger partial charge >= 0.3 is 0 Å². The van der Waals surface area contributed by atoms with Gasteiger partial charge in [-0.05, 0) is 41.5 Å². The molecular weight excluding hydrogens is 392 g/mol. The monoisotopic (exact) mass is 411 g/mol. The van der Waals surface area contributed by atoms with Crippen LogP contribution in [0.15, 0.2) is 76.7 Å². The van der Waals surface area contributed by atoms with E-state index in [0.29, 0.717) is 17.9 Å². The van der Waals surface area contributed by atoms with E-state index < -0.39 is 11.6 Å². The zero-order chi connectivity index (χ0) is 20.4. The second kappa shape index (κ2) is 8.27. The summed E-state index contributed by atoms with van der Waals surface area (Å²) in [4.78, 5) is 1.95. The Labute approximate surface area is 171 Å². The number of methoxy groups -OCH3 is 1. The predicted octanol–water partition coefficient (Wildman–Crippen LogP) is 5.62. The Morgan fingerprint density at radius 3 is 2.45 bits per heavy atom. The Morgan fingerprint density at radius 2 is 1.72 bits per heavy atom. The number of fused-ring (bicyclic) bond motifs is 1. The third-order valence-corrected chi connectivity index (χ3v) is 5.85. The van der Waals surface area contributed by atoms with Crippen LogP contribution in [0.2, 0.25) is 0 Å². The molecule has 0 aliphatic carbocycles. The Kier molecular flexibility index (Phi) is 5.56. The van der Waals surface area contributed by atoms with E-state index >= 15 is 0 Å². The van der Waals surface area contributed by atoms with Crippen LogP contribution in [0.4, 0.5) is 8.78 Å². The molecule has 0 unspecified atom stereocenters. The topological polar surface area (TPSA) is 34.4 Å². The largest absolute Gasteiger partial charge is 0.497 e. The molecule has 29 heavy (non-hydrogen) atoms. The van der Waals surface area contributed by atoms with E-state index in [9.17, 15) is 13.9 Å². The maximum absolute atomic E-state index is 13.6. The van der Waals surface area contributed by atoms with Crippen LogP contribution in [0.1, 0.15) is 11.1 Å². The number of aromatic nitrogens is 1. The number of nitrogens with zero attached hydrogens (tertiary/aromatic N) is 1. The van der Waals surface area contributed by atoms with E-state index in [4.69, 9.17) is 4.74 Å². The van der Waals surface area contributed by atoms with Crippen LogP contribution in [0.25, 0.3) is 10.9 Å². The van der Waals surface area contributed by atoms with Gasteiger partial charge < -0.3 is 14.4 Å². The minimum Gasteiger partial charge on any atom is -0.497 e. The quantitative estimate of drug-likeness (QED) is 0.447. The number of hydrogen-bond acceptors (Lipinski definition) is 3. The van der Waals surface area contributed by atoms with E-state index in [1.54, 1.807) is 18.9 Å². The van der Waals surface area contributed by atoms with Crippen LogP contribution < -0.4 is 4.74 Å². The molecule has 0 spiro atoms. The summed E-state index contributed by atoms with van der Waals surface area (Å²) < 4.78 is 34.6. The van der Waals surface area contributed by atoms with Gasteiger partial charge in [0.15, 0.2) is 0 Å². The van der Waals surface area contributed by atoms with E-state index in [-0.39, 0.29) is 6.61 Å². The maximum atomic E-state index is 13.6. The van der Waals surface area contributed by atoms with Gasteiger partial charge in [-0.15, -0.1) is 0 Å². The Morgan fingerprint density at radius 1 is 0.966 bits per heavy atom. The molecule has 0 aliphatic heterocycles. The van der Waals surface area contributed by atoms with Crippen LogP contribution in [0, 0.1) is 11.6 Å². The average Bonchev–Trinajstić information content (AvgIpc) is 3.04. The molecule has 6 heteroatoms.